The average molecular weight is 207 g/mol. The van der Waals surface area contributed by atoms with Crippen molar-refractivity contribution in [3.63, 3.8) is 0 Å². The molecule has 2 rings (SSSR count). The Hall–Kier alpha value is -0.460. The van der Waals surface area contributed by atoms with Crippen molar-refractivity contribution in [2.24, 2.45) is 11.8 Å². The maximum absolute atomic E-state index is 2.52. The highest BCUT2D eigenvalue weighted by molar-refractivity contribution is 4.91. The summed E-state index contributed by atoms with van der Waals surface area (Å²) in [6.07, 6.45) is 14.8. The topological polar surface area (TPSA) is 3.24 Å². The Kier molecular flexibility index (Phi) is 4.10. The van der Waals surface area contributed by atoms with Gasteiger partial charge >= 0.3 is 0 Å². The molecule has 0 atom stereocenters. The summed E-state index contributed by atoms with van der Waals surface area (Å²) in [6, 6.07) is 0. The van der Waals surface area contributed by atoms with Crippen LogP contribution in [0.1, 0.15) is 51.9 Å². The molecule has 15 heavy (non-hydrogen) atoms. The minimum Gasteiger partial charge on any atom is -0.378 e. The number of nitrogens with zero attached hydrogens (tertiary/aromatic N) is 1. The lowest BCUT2D eigenvalue weighted by molar-refractivity contribution is 0.298. The van der Waals surface area contributed by atoms with Gasteiger partial charge in [-0.15, -0.1) is 0 Å². The molecule has 0 unspecified atom stereocenters. The second-order valence-corrected chi connectivity index (χ2v) is 5.46. The van der Waals surface area contributed by atoms with Crippen molar-refractivity contribution in [1.82, 2.24) is 4.90 Å². The van der Waals surface area contributed by atoms with Gasteiger partial charge in [0, 0.05) is 13.1 Å². The van der Waals surface area contributed by atoms with Crippen LogP contribution in [0.5, 0.6) is 0 Å². The fraction of sp³-hybridized carbons (Fsp3) is 0.857. The maximum atomic E-state index is 2.52. The lowest BCUT2D eigenvalue weighted by Crippen LogP contribution is -2.24. The molecule has 1 heterocycles. The van der Waals surface area contributed by atoms with Crippen molar-refractivity contribution in [3.8, 4) is 0 Å². The van der Waals surface area contributed by atoms with E-state index in [1.54, 1.807) is 0 Å². The molecule has 1 saturated carbocycles. The Bertz CT molecular complexity index is 195. The SMILES string of the molecule is CC1CCC(C=CN2CCCCC2)CC1. The zero-order chi connectivity index (χ0) is 10.5. The van der Waals surface area contributed by atoms with Gasteiger partial charge in [0.05, 0.1) is 0 Å². The van der Waals surface area contributed by atoms with E-state index in [4.69, 9.17) is 0 Å². The van der Waals surface area contributed by atoms with Gasteiger partial charge in [-0.3, -0.25) is 0 Å². The molecule has 0 N–H and O–H groups in total. The van der Waals surface area contributed by atoms with Crippen LogP contribution in [0.4, 0.5) is 0 Å². The Balaban J connectivity index is 1.73. The highest BCUT2D eigenvalue weighted by atomic mass is 15.1. The van der Waals surface area contributed by atoms with Gasteiger partial charge < -0.3 is 4.90 Å². The minimum atomic E-state index is 0.878. The minimum absolute atomic E-state index is 0.878. The smallest absolute Gasteiger partial charge is 0.0172 e. The first-order valence-electron chi connectivity index (χ1n) is 6.77. The van der Waals surface area contributed by atoms with Crippen LogP contribution in [-0.2, 0) is 0 Å². The summed E-state index contributed by atoms with van der Waals surface area (Å²) in [5, 5.41) is 0. The predicted octanol–water partition coefficient (Wildman–Crippen LogP) is 3.81. The van der Waals surface area contributed by atoms with E-state index < -0.39 is 0 Å². The van der Waals surface area contributed by atoms with Crippen LogP contribution in [0.15, 0.2) is 12.3 Å². The molecular formula is C14H25N. The zero-order valence-corrected chi connectivity index (χ0v) is 10.1. The van der Waals surface area contributed by atoms with E-state index in [1.165, 1.54) is 58.0 Å². The molecule has 1 heteroatoms. The van der Waals surface area contributed by atoms with Gasteiger partial charge in [-0.1, -0.05) is 25.8 Å². The van der Waals surface area contributed by atoms with E-state index in [2.05, 4.69) is 24.1 Å². The highest BCUT2D eigenvalue weighted by Crippen LogP contribution is 2.29. The Labute approximate surface area is 94.5 Å². The third kappa shape index (κ3) is 3.55. The maximum Gasteiger partial charge on any atom is 0.0172 e. The average Bonchev–Trinajstić information content (AvgIpc) is 2.30. The van der Waals surface area contributed by atoms with Gasteiger partial charge in [0.15, 0.2) is 0 Å². The molecule has 0 bridgehead atoms. The van der Waals surface area contributed by atoms with E-state index >= 15 is 0 Å². The second kappa shape index (κ2) is 5.58. The number of hydrogen-bond donors (Lipinski definition) is 0. The zero-order valence-electron chi connectivity index (χ0n) is 10.1. The first kappa shape index (κ1) is 11.0. The molecule has 2 fully saturated rings. The standard InChI is InChI=1S/C14H25N/c1-13-5-7-14(8-6-13)9-12-15-10-3-2-4-11-15/h9,12-14H,2-8,10-11H2,1H3. The Morgan fingerprint density at radius 1 is 0.933 bits per heavy atom. The van der Waals surface area contributed by atoms with Gasteiger partial charge in [0.25, 0.3) is 0 Å². The van der Waals surface area contributed by atoms with E-state index in [9.17, 15) is 0 Å². The van der Waals surface area contributed by atoms with Gasteiger partial charge in [-0.25, -0.2) is 0 Å². The summed E-state index contributed by atoms with van der Waals surface area (Å²) in [5.74, 6) is 1.85. The number of rotatable bonds is 2. The Morgan fingerprint density at radius 2 is 1.60 bits per heavy atom. The highest BCUT2D eigenvalue weighted by Gasteiger charge is 2.16. The third-order valence-corrected chi connectivity index (χ3v) is 4.02. The van der Waals surface area contributed by atoms with Crippen molar-refractivity contribution in [3.05, 3.63) is 12.3 Å². The fourth-order valence-electron chi connectivity index (χ4n) is 2.79. The third-order valence-electron chi connectivity index (χ3n) is 4.02. The largest absolute Gasteiger partial charge is 0.378 e. The normalized spacial score (nSPS) is 33.5. The molecular weight excluding hydrogens is 182 g/mol. The molecule has 0 spiro atoms. The van der Waals surface area contributed by atoms with Crippen molar-refractivity contribution in [2.75, 3.05) is 13.1 Å². The van der Waals surface area contributed by atoms with Gasteiger partial charge in [-0.2, -0.15) is 0 Å². The lowest BCUT2D eigenvalue weighted by atomic mass is 9.83. The van der Waals surface area contributed by atoms with Crippen LogP contribution in [0.2, 0.25) is 0 Å². The summed E-state index contributed by atoms with van der Waals surface area (Å²) < 4.78 is 0. The van der Waals surface area contributed by atoms with Crippen molar-refractivity contribution in [1.29, 1.82) is 0 Å². The van der Waals surface area contributed by atoms with Crippen LogP contribution in [-0.4, -0.2) is 18.0 Å². The van der Waals surface area contributed by atoms with Crippen LogP contribution in [0.25, 0.3) is 0 Å². The van der Waals surface area contributed by atoms with Crippen molar-refractivity contribution in [2.45, 2.75) is 51.9 Å². The van der Waals surface area contributed by atoms with Gasteiger partial charge in [0.2, 0.25) is 0 Å². The van der Waals surface area contributed by atoms with Crippen LogP contribution >= 0.6 is 0 Å². The summed E-state index contributed by atoms with van der Waals surface area (Å²) in [7, 11) is 0. The lowest BCUT2D eigenvalue weighted by Gasteiger charge is -2.27. The summed E-state index contributed by atoms with van der Waals surface area (Å²) in [5.41, 5.74) is 0. The molecule has 1 aliphatic carbocycles. The molecule has 1 saturated heterocycles. The number of allylic oxidation sites excluding steroid dienone is 1. The van der Waals surface area contributed by atoms with Gasteiger partial charge in [0.1, 0.15) is 0 Å². The van der Waals surface area contributed by atoms with Crippen LogP contribution in [0.3, 0.4) is 0 Å². The van der Waals surface area contributed by atoms with Gasteiger partial charge in [-0.05, 0) is 50.1 Å². The van der Waals surface area contributed by atoms with E-state index in [-0.39, 0.29) is 0 Å². The number of piperidine rings is 1. The van der Waals surface area contributed by atoms with Crippen LogP contribution < -0.4 is 0 Å². The molecule has 0 aromatic heterocycles. The second-order valence-electron chi connectivity index (χ2n) is 5.46. The first-order valence-corrected chi connectivity index (χ1v) is 6.77. The van der Waals surface area contributed by atoms with E-state index in [0.717, 1.165) is 11.8 Å². The monoisotopic (exact) mass is 207 g/mol. The molecule has 2 aliphatic rings. The predicted molar refractivity (Wildman–Crippen MR) is 65.7 cm³/mol. The fourth-order valence-corrected chi connectivity index (χ4v) is 2.79. The Morgan fingerprint density at radius 3 is 2.27 bits per heavy atom. The molecule has 1 aliphatic heterocycles. The van der Waals surface area contributed by atoms with E-state index in [1.807, 2.05) is 0 Å². The molecule has 86 valence electrons. The molecule has 0 amide bonds. The van der Waals surface area contributed by atoms with Crippen molar-refractivity contribution < 1.29 is 0 Å². The molecule has 0 aromatic rings. The van der Waals surface area contributed by atoms with Crippen molar-refractivity contribution >= 4 is 0 Å². The summed E-state index contributed by atoms with van der Waals surface area (Å²) in [6.45, 7) is 4.98. The summed E-state index contributed by atoms with van der Waals surface area (Å²) >= 11 is 0. The number of likely N-dealkylation sites (tertiary alicyclic amines) is 1. The number of hydrogen-bond acceptors (Lipinski definition) is 1. The van der Waals surface area contributed by atoms with Crippen LogP contribution in [0, 0.1) is 11.8 Å². The van der Waals surface area contributed by atoms with E-state index in [0.29, 0.717) is 0 Å². The molecule has 0 radical (unpaired) electrons. The molecule has 0 aromatic carbocycles. The first-order chi connectivity index (χ1) is 7.34. The summed E-state index contributed by atoms with van der Waals surface area (Å²) in [4.78, 5) is 2.52. The molecule has 1 nitrogen and oxygen atoms in total. The quantitative estimate of drug-likeness (QED) is 0.665.